The van der Waals surface area contributed by atoms with E-state index in [9.17, 15) is 24.3 Å². The summed E-state index contributed by atoms with van der Waals surface area (Å²) >= 11 is 0. The molecule has 8 heteroatoms. The van der Waals surface area contributed by atoms with Gasteiger partial charge in [-0.3, -0.25) is 14.4 Å². The zero-order valence-electron chi connectivity index (χ0n) is 29.5. The normalized spacial score (nSPS) is 16.8. The van der Waals surface area contributed by atoms with Gasteiger partial charge in [-0.25, -0.2) is 4.79 Å². The van der Waals surface area contributed by atoms with Crippen LogP contribution in [-0.4, -0.2) is 53.7 Å². The monoisotopic (exact) mass is 652 g/mol. The highest BCUT2D eigenvalue weighted by atomic mass is 16.6. The second-order valence-corrected chi connectivity index (χ2v) is 13.4. The van der Waals surface area contributed by atoms with E-state index < -0.39 is 48.6 Å². The Bertz CT molecular complexity index is 798. The van der Waals surface area contributed by atoms with E-state index in [2.05, 4.69) is 13.8 Å². The predicted molar refractivity (Wildman–Crippen MR) is 182 cm³/mol. The highest BCUT2D eigenvalue weighted by molar-refractivity contribution is 6.09. The Balaban J connectivity index is 2.21. The fourth-order valence-corrected chi connectivity index (χ4v) is 6.01. The Morgan fingerprint density at radius 1 is 0.587 bits per heavy atom. The van der Waals surface area contributed by atoms with Gasteiger partial charge >= 0.3 is 17.9 Å². The van der Waals surface area contributed by atoms with Crippen molar-refractivity contribution in [2.24, 2.45) is 0 Å². The fourth-order valence-electron chi connectivity index (χ4n) is 6.01. The smallest absolute Gasteiger partial charge is 0.343 e. The minimum absolute atomic E-state index is 0.165. The fraction of sp³-hybridized carbons (Fsp3) is 0.895. The maximum Gasteiger partial charge on any atom is 0.343 e. The van der Waals surface area contributed by atoms with E-state index in [1.54, 1.807) is 0 Å². The molecular formula is C38H68O8. The number of ether oxygens (including phenoxy) is 3. The van der Waals surface area contributed by atoms with E-state index in [4.69, 9.17) is 14.2 Å². The van der Waals surface area contributed by atoms with E-state index in [0.29, 0.717) is 12.8 Å². The van der Waals surface area contributed by atoms with Crippen molar-refractivity contribution in [3.63, 3.8) is 0 Å². The van der Waals surface area contributed by atoms with Gasteiger partial charge in [0, 0.05) is 12.8 Å². The molecule has 0 aromatic heterocycles. The number of rotatable bonds is 32. The first-order valence-electron chi connectivity index (χ1n) is 19.2. The number of aliphatic hydroxyl groups is 1. The third-order valence-electron chi connectivity index (χ3n) is 9.01. The van der Waals surface area contributed by atoms with Gasteiger partial charge in [-0.15, -0.1) is 0 Å². The number of esters is 3. The molecule has 0 amide bonds. The molecule has 1 rings (SSSR count). The molecule has 0 saturated carbocycles. The molecule has 1 aliphatic rings. The highest BCUT2D eigenvalue weighted by Gasteiger charge is 2.48. The molecule has 3 unspecified atom stereocenters. The maximum atomic E-state index is 12.6. The van der Waals surface area contributed by atoms with Crippen molar-refractivity contribution < 1.29 is 38.5 Å². The van der Waals surface area contributed by atoms with Gasteiger partial charge in [0.2, 0.25) is 18.0 Å². The summed E-state index contributed by atoms with van der Waals surface area (Å²) in [7, 11) is 0. The van der Waals surface area contributed by atoms with Gasteiger partial charge in [-0.1, -0.05) is 168 Å². The van der Waals surface area contributed by atoms with Crippen LogP contribution < -0.4 is 0 Å². The van der Waals surface area contributed by atoms with Crippen LogP contribution in [0.25, 0.3) is 0 Å². The first kappa shape index (κ1) is 42.1. The summed E-state index contributed by atoms with van der Waals surface area (Å²) in [6.45, 7) is 4.09. The first-order valence-corrected chi connectivity index (χ1v) is 19.2. The van der Waals surface area contributed by atoms with Crippen LogP contribution in [0.3, 0.4) is 0 Å². The summed E-state index contributed by atoms with van der Waals surface area (Å²) in [6.07, 6.45) is 27.0. The number of hydrogen-bond acceptors (Lipinski definition) is 8. The van der Waals surface area contributed by atoms with Gasteiger partial charge in [0.15, 0.2) is 6.10 Å². The average Bonchev–Trinajstić information content (AvgIpc) is 3.30. The number of carbonyl (C=O) groups excluding carboxylic acids is 4. The van der Waals surface area contributed by atoms with Crippen LogP contribution in [0.2, 0.25) is 0 Å². The van der Waals surface area contributed by atoms with E-state index in [1.165, 1.54) is 122 Å². The molecule has 1 aliphatic heterocycles. The van der Waals surface area contributed by atoms with Crippen LogP contribution in [0.5, 0.6) is 0 Å². The summed E-state index contributed by atoms with van der Waals surface area (Å²) in [5, 5.41) is 9.75. The summed E-state index contributed by atoms with van der Waals surface area (Å²) in [4.78, 5) is 49.0. The third-order valence-corrected chi connectivity index (χ3v) is 9.01. The van der Waals surface area contributed by atoms with Crippen molar-refractivity contribution in [3.05, 3.63) is 0 Å². The predicted octanol–water partition coefficient (Wildman–Crippen LogP) is 9.26. The Hall–Kier alpha value is -1.96. The molecule has 3 atom stereocenters. The van der Waals surface area contributed by atoms with Crippen molar-refractivity contribution >= 4 is 23.7 Å². The molecule has 0 bridgehead atoms. The zero-order valence-corrected chi connectivity index (χ0v) is 29.5. The molecule has 1 N–H and O–H groups in total. The summed E-state index contributed by atoms with van der Waals surface area (Å²) in [5.41, 5.74) is 0. The largest absolute Gasteiger partial charge is 0.462 e. The molecule has 268 valence electrons. The molecular weight excluding hydrogens is 584 g/mol. The summed E-state index contributed by atoms with van der Waals surface area (Å²) in [5.74, 6) is -2.94. The molecule has 0 aromatic carbocycles. The second kappa shape index (κ2) is 29.2. The lowest BCUT2D eigenvalue weighted by molar-refractivity contribution is -0.172. The molecule has 1 fully saturated rings. The molecule has 46 heavy (non-hydrogen) atoms. The van der Waals surface area contributed by atoms with Crippen LogP contribution in [0.15, 0.2) is 0 Å². The molecule has 1 saturated heterocycles. The van der Waals surface area contributed by atoms with Crippen LogP contribution in [-0.2, 0) is 33.4 Å². The Kier molecular flexibility index (Phi) is 26.7. The lowest BCUT2D eigenvalue weighted by Crippen LogP contribution is -2.41. The SMILES string of the molecule is CCCCCCCCCCCCCCCC(=O)OCC(OC(=O)CCCCCCCCCCCCCCC)C1OC(=O)C(O)C1=O. The lowest BCUT2D eigenvalue weighted by atomic mass is 10.0. The standard InChI is InChI=1S/C38H68O8/c1-3-5-7-9-11-13-15-17-19-21-23-25-27-29-33(39)44-31-32(37-35(41)36(42)38(43)46-37)45-34(40)30-28-26-24-22-20-18-16-14-12-10-8-6-4-2/h32,36-37,42H,3-31H2,1-2H3. The van der Waals surface area contributed by atoms with Crippen molar-refractivity contribution in [3.8, 4) is 0 Å². The minimum atomic E-state index is -1.91. The van der Waals surface area contributed by atoms with Gasteiger partial charge in [-0.2, -0.15) is 0 Å². The van der Waals surface area contributed by atoms with Gasteiger partial charge in [0.05, 0.1) is 0 Å². The van der Waals surface area contributed by atoms with Gasteiger partial charge in [0.1, 0.15) is 6.61 Å². The van der Waals surface area contributed by atoms with Gasteiger partial charge in [0.25, 0.3) is 0 Å². The lowest BCUT2D eigenvalue weighted by Gasteiger charge is -2.21. The number of Topliss-reactive ketones (excluding diaryl/α,β-unsaturated/α-hetero) is 1. The molecule has 0 spiro atoms. The maximum absolute atomic E-state index is 12.6. The molecule has 8 nitrogen and oxygen atoms in total. The number of hydrogen-bond donors (Lipinski definition) is 1. The van der Waals surface area contributed by atoms with Crippen LogP contribution >= 0.6 is 0 Å². The van der Waals surface area contributed by atoms with Crippen LogP contribution in [0.4, 0.5) is 0 Å². The van der Waals surface area contributed by atoms with Crippen molar-refractivity contribution in [2.45, 2.75) is 212 Å². The highest BCUT2D eigenvalue weighted by Crippen LogP contribution is 2.20. The Labute approximate surface area is 280 Å². The number of carbonyl (C=O) groups is 4. The zero-order chi connectivity index (χ0) is 33.7. The average molecular weight is 653 g/mol. The van der Waals surface area contributed by atoms with Gasteiger partial charge in [-0.05, 0) is 12.8 Å². The first-order chi connectivity index (χ1) is 22.4. The topological polar surface area (TPSA) is 116 Å². The van der Waals surface area contributed by atoms with E-state index in [1.807, 2.05) is 0 Å². The third kappa shape index (κ3) is 21.8. The van der Waals surface area contributed by atoms with E-state index >= 15 is 0 Å². The van der Waals surface area contributed by atoms with Gasteiger partial charge < -0.3 is 19.3 Å². The number of cyclic esters (lactones) is 1. The van der Waals surface area contributed by atoms with Crippen LogP contribution in [0, 0.1) is 0 Å². The molecule has 0 aromatic rings. The molecule has 0 aliphatic carbocycles. The minimum Gasteiger partial charge on any atom is -0.462 e. The number of unbranched alkanes of at least 4 members (excludes halogenated alkanes) is 24. The summed E-state index contributed by atoms with van der Waals surface area (Å²) in [6, 6.07) is 0. The van der Waals surface area contributed by atoms with Crippen molar-refractivity contribution in [1.29, 1.82) is 0 Å². The molecule has 0 radical (unpaired) electrons. The number of aliphatic hydroxyl groups excluding tert-OH is 1. The van der Waals surface area contributed by atoms with Crippen LogP contribution in [0.1, 0.15) is 194 Å². The second-order valence-electron chi connectivity index (χ2n) is 13.4. The Morgan fingerprint density at radius 3 is 1.28 bits per heavy atom. The summed E-state index contributed by atoms with van der Waals surface area (Å²) < 4.78 is 15.8. The van der Waals surface area contributed by atoms with E-state index in [0.717, 1.165) is 32.1 Å². The Morgan fingerprint density at radius 2 is 0.935 bits per heavy atom. The quantitative estimate of drug-likeness (QED) is 0.0331. The molecule has 1 heterocycles. The van der Waals surface area contributed by atoms with E-state index in [-0.39, 0.29) is 12.8 Å². The van der Waals surface area contributed by atoms with Crippen molar-refractivity contribution in [2.75, 3.05) is 6.61 Å². The van der Waals surface area contributed by atoms with Crippen molar-refractivity contribution in [1.82, 2.24) is 0 Å². The number of ketones is 1.